The molecule has 0 aromatic heterocycles. The van der Waals surface area contributed by atoms with Gasteiger partial charge in [0.15, 0.2) is 22.6 Å². The van der Waals surface area contributed by atoms with Crippen LogP contribution in [-0.2, 0) is 9.59 Å². The zero-order chi connectivity index (χ0) is 14.9. The Hall–Kier alpha value is -1.50. The van der Waals surface area contributed by atoms with Crippen LogP contribution < -0.4 is 4.90 Å². The standard InChI is InChI=1S/C13H12F3NO2S/c1-7(18)20-6-8-2-12(19)17(5-8)9-3-10(14)13(16)11(15)4-9/h3-4,8H,2,5-6H2,1H3. The van der Waals surface area contributed by atoms with Gasteiger partial charge in [0.05, 0.1) is 0 Å². The van der Waals surface area contributed by atoms with Gasteiger partial charge in [-0.1, -0.05) is 11.8 Å². The molecule has 1 aliphatic rings. The van der Waals surface area contributed by atoms with Gasteiger partial charge in [0, 0.05) is 43.5 Å². The van der Waals surface area contributed by atoms with Gasteiger partial charge in [-0.3, -0.25) is 9.59 Å². The number of carbonyl (C=O) groups excluding carboxylic acids is 2. The molecule has 2 rings (SSSR count). The largest absolute Gasteiger partial charge is 0.312 e. The molecule has 7 heteroatoms. The van der Waals surface area contributed by atoms with Gasteiger partial charge in [-0.05, 0) is 5.92 Å². The van der Waals surface area contributed by atoms with E-state index in [0.29, 0.717) is 5.75 Å². The lowest BCUT2D eigenvalue weighted by Gasteiger charge is -2.17. The molecular formula is C13H12F3NO2S. The van der Waals surface area contributed by atoms with Gasteiger partial charge in [0.2, 0.25) is 5.91 Å². The van der Waals surface area contributed by atoms with Crippen molar-refractivity contribution in [3.05, 3.63) is 29.6 Å². The van der Waals surface area contributed by atoms with E-state index < -0.39 is 17.5 Å². The molecule has 20 heavy (non-hydrogen) atoms. The van der Waals surface area contributed by atoms with Crippen LogP contribution in [0.1, 0.15) is 13.3 Å². The van der Waals surface area contributed by atoms with Crippen molar-refractivity contribution in [2.24, 2.45) is 5.92 Å². The van der Waals surface area contributed by atoms with Crippen LogP contribution in [0.4, 0.5) is 18.9 Å². The second-order valence-corrected chi connectivity index (χ2v) is 5.80. The molecule has 0 saturated carbocycles. The highest BCUT2D eigenvalue weighted by atomic mass is 32.2. The number of anilines is 1. The van der Waals surface area contributed by atoms with Gasteiger partial charge < -0.3 is 4.90 Å². The number of benzene rings is 1. The van der Waals surface area contributed by atoms with E-state index in [-0.39, 0.29) is 35.6 Å². The van der Waals surface area contributed by atoms with E-state index in [0.717, 1.165) is 23.9 Å². The van der Waals surface area contributed by atoms with Crippen LogP contribution in [-0.4, -0.2) is 23.3 Å². The topological polar surface area (TPSA) is 37.4 Å². The Morgan fingerprint density at radius 1 is 1.35 bits per heavy atom. The molecule has 1 amide bonds. The van der Waals surface area contributed by atoms with Crippen LogP contribution >= 0.6 is 11.8 Å². The molecule has 1 atom stereocenters. The summed E-state index contributed by atoms with van der Waals surface area (Å²) in [5, 5.41) is -0.0465. The van der Waals surface area contributed by atoms with Crippen LogP contribution in [0.15, 0.2) is 12.1 Å². The maximum atomic E-state index is 13.2. The fraction of sp³-hybridized carbons (Fsp3) is 0.385. The van der Waals surface area contributed by atoms with Crippen molar-refractivity contribution in [3.63, 3.8) is 0 Å². The first-order valence-corrected chi connectivity index (χ1v) is 6.95. The Labute approximate surface area is 118 Å². The molecule has 108 valence electrons. The third-order valence-electron chi connectivity index (χ3n) is 3.01. The predicted molar refractivity (Wildman–Crippen MR) is 69.9 cm³/mol. The number of thioether (sulfide) groups is 1. The summed E-state index contributed by atoms with van der Waals surface area (Å²) < 4.78 is 39.2. The van der Waals surface area contributed by atoms with Crippen LogP contribution in [0.5, 0.6) is 0 Å². The van der Waals surface area contributed by atoms with E-state index in [4.69, 9.17) is 0 Å². The average molecular weight is 303 g/mol. The highest BCUT2D eigenvalue weighted by molar-refractivity contribution is 8.13. The second kappa shape index (κ2) is 5.87. The molecule has 1 aromatic carbocycles. The zero-order valence-electron chi connectivity index (χ0n) is 10.7. The predicted octanol–water partition coefficient (Wildman–Crippen LogP) is 2.74. The SMILES string of the molecule is CC(=O)SCC1CC(=O)N(c2cc(F)c(F)c(F)c2)C1. The Bertz CT molecular complexity index is 542. The van der Waals surface area contributed by atoms with Crippen molar-refractivity contribution in [2.45, 2.75) is 13.3 Å². The smallest absolute Gasteiger partial charge is 0.227 e. The van der Waals surface area contributed by atoms with Crippen molar-refractivity contribution in [3.8, 4) is 0 Å². The molecule has 1 unspecified atom stereocenters. The fourth-order valence-corrected chi connectivity index (χ4v) is 2.77. The van der Waals surface area contributed by atoms with Crippen molar-refractivity contribution >= 4 is 28.5 Å². The summed E-state index contributed by atoms with van der Waals surface area (Å²) in [6.45, 7) is 1.70. The Morgan fingerprint density at radius 3 is 2.50 bits per heavy atom. The molecule has 1 fully saturated rings. The van der Waals surface area contributed by atoms with Crippen LogP contribution in [0.2, 0.25) is 0 Å². The Balaban J connectivity index is 2.14. The van der Waals surface area contributed by atoms with Gasteiger partial charge in [0.25, 0.3) is 0 Å². The molecule has 0 spiro atoms. The normalized spacial score (nSPS) is 18.7. The molecule has 1 aliphatic heterocycles. The highest BCUT2D eigenvalue weighted by Gasteiger charge is 2.31. The minimum atomic E-state index is -1.55. The maximum absolute atomic E-state index is 13.2. The molecule has 0 radical (unpaired) electrons. The zero-order valence-corrected chi connectivity index (χ0v) is 11.5. The monoisotopic (exact) mass is 303 g/mol. The number of nitrogens with zero attached hydrogens (tertiary/aromatic N) is 1. The minimum absolute atomic E-state index is 0.00160. The average Bonchev–Trinajstić information content (AvgIpc) is 2.74. The molecule has 3 nitrogen and oxygen atoms in total. The molecule has 0 bridgehead atoms. The number of hydrogen-bond donors (Lipinski definition) is 0. The summed E-state index contributed by atoms with van der Waals surface area (Å²) in [5.41, 5.74) is 0.00160. The molecule has 1 saturated heterocycles. The van der Waals surface area contributed by atoms with Gasteiger partial charge in [-0.2, -0.15) is 0 Å². The van der Waals surface area contributed by atoms with E-state index in [1.165, 1.54) is 11.8 Å². The molecule has 1 aromatic rings. The van der Waals surface area contributed by atoms with E-state index in [2.05, 4.69) is 0 Å². The molecule has 0 aliphatic carbocycles. The summed E-state index contributed by atoms with van der Waals surface area (Å²) >= 11 is 1.11. The van der Waals surface area contributed by atoms with Gasteiger partial charge in [-0.25, -0.2) is 13.2 Å². The number of carbonyl (C=O) groups is 2. The van der Waals surface area contributed by atoms with Gasteiger partial charge in [0.1, 0.15) is 0 Å². The third-order valence-corrected chi connectivity index (χ3v) is 4.05. The lowest BCUT2D eigenvalue weighted by Crippen LogP contribution is -2.25. The lowest BCUT2D eigenvalue weighted by atomic mass is 10.1. The number of halogens is 3. The van der Waals surface area contributed by atoms with Crippen molar-refractivity contribution in [2.75, 3.05) is 17.2 Å². The quantitative estimate of drug-likeness (QED) is 0.806. The first kappa shape index (κ1) is 14.9. The van der Waals surface area contributed by atoms with Crippen molar-refractivity contribution < 1.29 is 22.8 Å². The maximum Gasteiger partial charge on any atom is 0.227 e. The third kappa shape index (κ3) is 3.15. The summed E-state index contributed by atoms with van der Waals surface area (Å²) in [5.74, 6) is -4.08. The van der Waals surface area contributed by atoms with Crippen molar-refractivity contribution in [1.82, 2.24) is 0 Å². The van der Waals surface area contributed by atoms with Crippen LogP contribution in [0.25, 0.3) is 0 Å². The summed E-state index contributed by atoms with van der Waals surface area (Å²) in [7, 11) is 0. The lowest BCUT2D eigenvalue weighted by molar-refractivity contribution is -0.117. The second-order valence-electron chi connectivity index (χ2n) is 4.60. The molecule has 0 N–H and O–H groups in total. The fourth-order valence-electron chi connectivity index (χ4n) is 2.08. The van der Waals surface area contributed by atoms with E-state index >= 15 is 0 Å². The summed E-state index contributed by atoms with van der Waals surface area (Å²) in [6.07, 6.45) is 0.209. The summed E-state index contributed by atoms with van der Waals surface area (Å²) in [6, 6.07) is 1.60. The minimum Gasteiger partial charge on any atom is -0.312 e. The Morgan fingerprint density at radius 2 is 1.95 bits per heavy atom. The number of hydrogen-bond acceptors (Lipinski definition) is 3. The van der Waals surface area contributed by atoms with Gasteiger partial charge >= 0.3 is 0 Å². The van der Waals surface area contributed by atoms with Gasteiger partial charge in [-0.15, -0.1) is 0 Å². The number of amides is 1. The van der Waals surface area contributed by atoms with Crippen LogP contribution in [0.3, 0.4) is 0 Å². The van der Waals surface area contributed by atoms with E-state index in [1.54, 1.807) is 0 Å². The Kier molecular flexibility index (Phi) is 4.37. The first-order valence-electron chi connectivity index (χ1n) is 5.96. The molecular weight excluding hydrogens is 291 g/mol. The first-order chi connectivity index (χ1) is 9.38. The number of rotatable bonds is 3. The van der Waals surface area contributed by atoms with E-state index in [9.17, 15) is 22.8 Å². The van der Waals surface area contributed by atoms with Crippen molar-refractivity contribution in [1.29, 1.82) is 0 Å². The molecule has 1 heterocycles. The van der Waals surface area contributed by atoms with Crippen LogP contribution in [0, 0.1) is 23.4 Å². The summed E-state index contributed by atoms with van der Waals surface area (Å²) in [4.78, 5) is 23.9. The highest BCUT2D eigenvalue weighted by Crippen LogP contribution is 2.29. The van der Waals surface area contributed by atoms with E-state index in [1.807, 2.05) is 0 Å².